The zero-order valence-electron chi connectivity index (χ0n) is 15.8. The third-order valence-corrected chi connectivity index (χ3v) is 5.15. The van der Waals surface area contributed by atoms with E-state index in [1.54, 1.807) is 0 Å². The molecule has 2 aromatic rings. The molecular formula is C22H26N2O2. The third-order valence-electron chi connectivity index (χ3n) is 5.15. The average Bonchev–Trinajstić information content (AvgIpc) is 2.65. The van der Waals surface area contributed by atoms with Crippen LogP contribution in [-0.2, 0) is 11.2 Å². The standard InChI is InChI=1S/C22H26N2O2/c1-16-4-7-19(8-5-16)15-21(25)23-10-12-24(13-11-23)22(26)20-9-6-17(2)18(3)14-20/h4-9,14H,10-13,15H2,1-3H3. The topological polar surface area (TPSA) is 40.6 Å². The van der Waals surface area contributed by atoms with Crippen LogP contribution in [0.25, 0.3) is 0 Å². The van der Waals surface area contributed by atoms with E-state index < -0.39 is 0 Å². The van der Waals surface area contributed by atoms with Crippen molar-refractivity contribution in [3.8, 4) is 0 Å². The molecule has 0 atom stereocenters. The minimum absolute atomic E-state index is 0.0544. The lowest BCUT2D eigenvalue weighted by molar-refractivity contribution is -0.131. The molecule has 0 radical (unpaired) electrons. The molecule has 0 unspecified atom stereocenters. The Balaban J connectivity index is 1.56. The summed E-state index contributed by atoms with van der Waals surface area (Å²) in [5, 5.41) is 0. The maximum absolute atomic E-state index is 12.7. The van der Waals surface area contributed by atoms with Crippen molar-refractivity contribution in [2.24, 2.45) is 0 Å². The number of rotatable bonds is 3. The first-order valence-electron chi connectivity index (χ1n) is 9.14. The first-order valence-corrected chi connectivity index (χ1v) is 9.14. The van der Waals surface area contributed by atoms with Crippen molar-refractivity contribution < 1.29 is 9.59 Å². The van der Waals surface area contributed by atoms with Gasteiger partial charge in [-0.2, -0.15) is 0 Å². The van der Waals surface area contributed by atoms with Crippen molar-refractivity contribution in [2.45, 2.75) is 27.2 Å². The van der Waals surface area contributed by atoms with E-state index in [9.17, 15) is 9.59 Å². The fraction of sp³-hybridized carbons (Fsp3) is 0.364. The van der Waals surface area contributed by atoms with Crippen LogP contribution in [0, 0.1) is 20.8 Å². The number of nitrogens with zero attached hydrogens (tertiary/aromatic N) is 2. The van der Waals surface area contributed by atoms with Gasteiger partial charge >= 0.3 is 0 Å². The Kier molecular flexibility index (Phi) is 5.40. The molecule has 0 aliphatic carbocycles. The van der Waals surface area contributed by atoms with E-state index in [1.165, 1.54) is 11.1 Å². The van der Waals surface area contributed by atoms with Gasteiger partial charge in [0.2, 0.25) is 5.91 Å². The number of aryl methyl sites for hydroxylation is 3. The first kappa shape index (κ1) is 18.2. The molecule has 2 aromatic carbocycles. The van der Waals surface area contributed by atoms with Crippen molar-refractivity contribution in [1.82, 2.24) is 9.80 Å². The lowest BCUT2D eigenvalue weighted by Gasteiger charge is -2.35. The number of carbonyl (C=O) groups excluding carboxylic acids is 2. The molecule has 0 saturated carbocycles. The van der Waals surface area contributed by atoms with Gasteiger partial charge < -0.3 is 9.80 Å². The summed E-state index contributed by atoms with van der Waals surface area (Å²) in [6.45, 7) is 8.48. The lowest BCUT2D eigenvalue weighted by Crippen LogP contribution is -2.51. The first-order chi connectivity index (χ1) is 12.4. The van der Waals surface area contributed by atoms with Gasteiger partial charge in [-0.1, -0.05) is 35.9 Å². The molecule has 26 heavy (non-hydrogen) atoms. The molecule has 3 rings (SSSR count). The highest BCUT2D eigenvalue weighted by molar-refractivity contribution is 5.94. The van der Waals surface area contributed by atoms with Gasteiger partial charge in [-0.15, -0.1) is 0 Å². The van der Waals surface area contributed by atoms with Crippen LogP contribution in [0.15, 0.2) is 42.5 Å². The van der Waals surface area contributed by atoms with Gasteiger partial charge in [0, 0.05) is 31.7 Å². The van der Waals surface area contributed by atoms with Crippen molar-refractivity contribution in [2.75, 3.05) is 26.2 Å². The number of piperazine rings is 1. The SMILES string of the molecule is Cc1ccc(CC(=O)N2CCN(C(=O)c3ccc(C)c(C)c3)CC2)cc1. The summed E-state index contributed by atoms with van der Waals surface area (Å²) < 4.78 is 0. The van der Waals surface area contributed by atoms with E-state index in [2.05, 4.69) is 0 Å². The predicted octanol–water partition coefficient (Wildman–Crippen LogP) is 3.14. The molecular weight excluding hydrogens is 324 g/mol. The molecule has 1 heterocycles. The second-order valence-electron chi connectivity index (χ2n) is 7.13. The smallest absolute Gasteiger partial charge is 0.253 e. The molecule has 0 N–H and O–H groups in total. The summed E-state index contributed by atoms with van der Waals surface area (Å²) in [5.41, 5.74) is 5.28. The van der Waals surface area contributed by atoms with E-state index in [-0.39, 0.29) is 11.8 Å². The zero-order chi connectivity index (χ0) is 18.7. The molecule has 1 saturated heterocycles. The molecule has 4 nitrogen and oxygen atoms in total. The van der Waals surface area contributed by atoms with E-state index in [4.69, 9.17) is 0 Å². The highest BCUT2D eigenvalue weighted by Crippen LogP contribution is 2.14. The Morgan fingerprint density at radius 3 is 2.04 bits per heavy atom. The molecule has 2 amide bonds. The van der Waals surface area contributed by atoms with Crippen LogP contribution in [0.4, 0.5) is 0 Å². The third kappa shape index (κ3) is 4.13. The van der Waals surface area contributed by atoms with Gasteiger partial charge in [0.1, 0.15) is 0 Å². The second-order valence-corrected chi connectivity index (χ2v) is 7.13. The maximum Gasteiger partial charge on any atom is 0.253 e. The monoisotopic (exact) mass is 350 g/mol. The Morgan fingerprint density at radius 2 is 1.42 bits per heavy atom. The molecule has 0 aromatic heterocycles. The van der Waals surface area contributed by atoms with Crippen LogP contribution < -0.4 is 0 Å². The fourth-order valence-corrected chi connectivity index (χ4v) is 3.21. The Morgan fingerprint density at radius 1 is 0.808 bits per heavy atom. The molecule has 1 aliphatic rings. The van der Waals surface area contributed by atoms with Crippen LogP contribution in [0.5, 0.6) is 0 Å². The van der Waals surface area contributed by atoms with Crippen LogP contribution in [0.3, 0.4) is 0 Å². The fourth-order valence-electron chi connectivity index (χ4n) is 3.21. The van der Waals surface area contributed by atoms with Gasteiger partial charge in [-0.25, -0.2) is 0 Å². The second kappa shape index (κ2) is 7.73. The number of hydrogen-bond acceptors (Lipinski definition) is 2. The molecule has 1 aliphatic heterocycles. The number of carbonyl (C=O) groups is 2. The van der Waals surface area contributed by atoms with Crippen LogP contribution in [-0.4, -0.2) is 47.8 Å². The van der Waals surface area contributed by atoms with Gasteiger partial charge in [-0.3, -0.25) is 9.59 Å². The Hall–Kier alpha value is -2.62. The maximum atomic E-state index is 12.7. The van der Waals surface area contributed by atoms with Crippen molar-refractivity contribution in [3.63, 3.8) is 0 Å². The summed E-state index contributed by atoms with van der Waals surface area (Å²) in [4.78, 5) is 28.9. The average molecular weight is 350 g/mol. The molecule has 1 fully saturated rings. The van der Waals surface area contributed by atoms with E-state index in [0.29, 0.717) is 32.6 Å². The lowest BCUT2D eigenvalue weighted by atomic mass is 10.1. The molecule has 136 valence electrons. The van der Waals surface area contributed by atoms with Crippen LogP contribution in [0.1, 0.15) is 32.6 Å². The summed E-state index contributed by atoms with van der Waals surface area (Å²) >= 11 is 0. The van der Waals surface area contributed by atoms with Crippen LogP contribution >= 0.6 is 0 Å². The predicted molar refractivity (Wildman–Crippen MR) is 103 cm³/mol. The highest BCUT2D eigenvalue weighted by Gasteiger charge is 2.25. The van der Waals surface area contributed by atoms with Crippen molar-refractivity contribution >= 4 is 11.8 Å². The van der Waals surface area contributed by atoms with Crippen LogP contribution in [0.2, 0.25) is 0 Å². The van der Waals surface area contributed by atoms with Gasteiger partial charge in [0.25, 0.3) is 5.91 Å². The number of benzene rings is 2. The van der Waals surface area contributed by atoms with Gasteiger partial charge in [0.15, 0.2) is 0 Å². The van der Waals surface area contributed by atoms with Gasteiger partial charge in [-0.05, 0) is 49.6 Å². The van der Waals surface area contributed by atoms with Crippen molar-refractivity contribution in [3.05, 3.63) is 70.3 Å². The quantitative estimate of drug-likeness (QED) is 0.853. The molecule has 4 heteroatoms. The minimum Gasteiger partial charge on any atom is -0.339 e. The van der Waals surface area contributed by atoms with E-state index in [1.807, 2.05) is 73.0 Å². The minimum atomic E-state index is 0.0544. The molecule has 0 bridgehead atoms. The van der Waals surface area contributed by atoms with E-state index >= 15 is 0 Å². The van der Waals surface area contributed by atoms with E-state index in [0.717, 1.165) is 16.7 Å². The normalized spacial score (nSPS) is 14.4. The van der Waals surface area contributed by atoms with Crippen molar-refractivity contribution in [1.29, 1.82) is 0 Å². The van der Waals surface area contributed by atoms with Gasteiger partial charge in [0.05, 0.1) is 6.42 Å². The summed E-state index contributed by atoms with van der Waals surface area (Å²) in [7, 11) is 0. The summed E-state index contributed by atoms with van der Waals surface area (Å²) in [5.74, 6) is 0.186. The molecule has 0 spiro atoms. The summed E-state index contributed by atoms with van der Waals surface area (Å²) in [6, 6.07) is 13.9. The highest BCUT2D eigenvalue weighted by atomic mass is 16.2. The zero-order valence-corrected chi connectivity index (χ0v) is 15.8. The number of amides is 2. The largest absolute Gasteiger partial charge is 0.339 e. The summed E-state index contributed by atoms with van der Waals surface area (Å²) in [6.07, 6.45) is 0.422. The number of hydrogen-bond donors (Lipinski definition) is 0. The Labute approximate surface area is 155 Å². The Bertz CT molecular complexity index is 803.